The third kappa shape index (κ3) is 6.19. The van der Waals surface area contributed by atoms with Gasteiger partial charge in [0, 0.05) is 26.1 Å². The zero-order valence-corrected chi connectivity index (χ0v) is 16.4. The molecule has 0 bridgehead atoms. The van der Waals surface area contributed by atoms with Crippen LogP contribution < -0.4 is 10.6 Å². The maximum atomic E-state index is 12.1. The van der Waals surface area contributed by atoms with Crippen LogP contribution in [0.2, 0.25) is 0 Å². The Labute approximate surface area is 164 Å². The van der Waals surface area contributed by atoms with Crippen molar-refractivity contribution in [1.82, 2.24) is 15.5 Å². The zero-order valence-electron chi connectivity index (χ0n) is 15.6. The molecule has 0 spiro atoms. The normalized spacial score (nSPS) is 14.7. The average molecular weight is 386 g/mol. The van der Waals surface area contributed by atoms with E-state index < -0.39 is 0 Å². The van der Waals surface area contributed by atoms with Gasteiger partial charge in [-0.05, 0) is 48.5 Å². The Hall–Kier alpha value is -2.18. The average Bonchev–Trinajstić information content (AvgIpc) is 3.23. The predicted molar refractivity (Wildman–Crippen MR) is 109 cm³/mol. The Morgan fingerprint density at radius 2 is 1.74 bits per heavy atom. The molecule has 2 amide bonds. The molecule has 2 N–H and O–H groups in total. The molecule has 1 fully saturated rings. The van der Waals surface area contributed by atoms with Crippen molar-refractivity contribution in [1.29, 1.82) is 0 Å². The molecule has 0 saturated carbocycles. The summed E-state index contributed by atoms with van der Waals surface area (Å²) in [7, 11) is 0. The summed E-state index contributed by atoms with van der Waals surface area (Å²) in [6, 6.07) is 11.9. The van der Waals surface area contributed by atoms with Crippen LogP contribution >= 0.6 is 11.3 Å². The topological polar surface area (TPSA) is 61.4 Å². The number of rotatable bonds is 8. The van der Waals surface area contributed by atoms with Crippen molar-refractivity contribution >= 4 is 23.2 Å². The standard InChI is InChI=1S/C21H27N3O2S/c25-20(10-11-22-21(26)19-9-6-14-27-19)23-15-17-7-2-3-8-18(17)16-24-12-4-1-5-13-24/h2-3,6-9,14H,1,4-5,10-13,15-16H2,(H,22,26)(H,23,25). The van der Waals surface area contributed by atoms with Gasteiger partial charge >= 0.3 is 0 Å². The number of likely N-dealkylation sites (tertiary alicyclic amines) is 1. The quantitative estimate of drug-likeness (QED) is 0.734. The maximum Gasteiger partial charge on any atom is 0.261 e. The SMILES string of the molecule is O=C(CCNC(=O)c1cccs1)NCc1ccccc1CN1CCCCC1. The summed E-state index contributed by atoms with van der Waals surface area (Å²) in [6.45, 7) is 4.14. The van der Waals surface area contributed by atoms with E-state index in [-0.39, 0.29) is 18.2 Å². The number of carbonyl (C=O) groups excluding carboxylic acids is 2. The number of piperidine rings is 1. The van der Waals surface area contributed by atoms with Gasteiger partial charge in [0.15, 0.2) is 0 Å². The van der Waals surface area contributed by atoms with Gasteiger partial charge in [0.05, 0.1) is 4.88 Å². The fourth-order valence-corrected chi connectivity index (χ4v) is 3.95. The third-order valence-corrected chi connectivity index (χ3v) is 5.69. The van der Waals surface area contributed by atoms with Crippen molar-refractivity contribution < 1.29 is 9.59 Å². The molecular weight excluding hydrogens is 358 g/mol. The minimum atomic E-state index is -0.121. The van der Waals surface area contributed by atoms with Crippen LogP contribution in [-0.2, 0) is 17.9 Å². The molecule has 2 aromatic rings. The van der Waals surface area contributed by atoms with Gasteiger partial charge in [0.1, 0.15) is 0 Å². The number of hydrogen-bond donors (Lipinski definition) is 2. The number of nitrogens with one attached hydrogen (secondary N) is 2. The van der Waals surface area contributed by atoms with Crippen molar-refractivity contribution in [2.24, 2.45) is 0 Å². The Morgan fingerprint density at radius 1 is 0.963 bits per heavy atom. The van der Waals surface area contributed by atoms with Crippen molar-refractivity contribution in [3.63, 3.8) is 0 Å². The lowest BCUT2D eigenvalue weighted by atomic mass is 10.0. The zero-order chi connectivity index (χ0) is 18.9. The number of amides is 2. The van der Waals surface area contributed by atoms with Crippen LogP contribution in [0.4, 0.5) is 0 Å². The minimum Gasteiger partial charge on any atom is -0.352 e. The molecule has 5 nitrogen and oxygen atoms in total. The van der Waals surface area contributed by atoms with Gasteiger partial charge in [0.2, 0.25) is 5.91 Å². The predicted octanol–water partition coefficient (Wildman–Crippen LogP) is 3.17. The summed E-state index contributed by atoms with van der Waals surface area (Å²) < 4.78 is 0. The molecule has 1 saturated heterocycles. The van der Waals surface area contributed by atoms with Gasteiger partial charge in [-0.2, -0.15) is 0 Å². The van der Waals surface area contributed by atoms with E-state index in [9.17, 15) is 9.59 Å². The summed E-state index contributed by atoms with van der Waals surface area (Å²) >= 11 is 1.40. The molecule has 0 radical (unpaired) electrons. The fourth-order valence-electron chi connectivity index (χ4n) is 3.31. The van der Waals surface area contributed by atoms with Gasteiger partial charge in [-0.3, -0.25) is 14.5 Å². The summed E-state index contributed by atoms with van der Waals surface area (Å²) in [5.41, 5.74) is 2.45. The van der Waals surface area contributed by atoms with Gasteiger partial charge < -0.3 is 10.6 Å². The molecule has 2 heterocycles. The van der Waals surface area contributed by atoms with Crippen LogP contribution in [0.3, 0.4) is 0 Å². The number of nitrogens with zero attached hydrogens (tertiary/aromatic N) is 1. The van der Waals surface area contributed by atoms with Crippen LogP contribution in [-0.4, -0.2) is 36.3 Å². The number of benzene rings is 1. The highest BCUT2D eigenvalue weighted by Crippen LogP contribution is 2.16. The summed E-state index contributed by atoms with van der Waals surface area (Å²) in [5.74, 6) is -0.168. The fraction of sp³-hybridized carbons (Fsp3) is 0.429. The summed E-state index contributed by atoms with van der Waals surface area (Å²) in [5, 5.41) is 7.63. The first-order valence-corrected chi connectivity index (χ1v) is 10.5. The molecule has 1 aromatic carbocycles. The molecule has 27 heavy (non-hydrogen) atoms. The van der Waals surface area contributed by atoms with Crippen LogP contribution in [0.15, 0.2) is 41.8 Å². The van der Waals surface area contributed by atoms with E-state index in [0.717, 1.165) is 19.6 Å². The highest BCUT2D eigenvalue weighted by molar-refractivity contribution is 7.12. The Morgan fingerprint density at radius 3 is 2.48 bits per heavy atom. The van der Waals surface area contributed by atoms with Gasteiger partial charge in [-0.1, -0.05) is 36.8 Å². The van der Waals surface area contributed by atoms with E-state index >= 15 is 0 Å². The second-order valence-electron chi connectivity index (χ2n) is 6.87. The van der Waals surface area contributed by atoms with E-state index in [1.807, 2.05) is 17.5 Å². The molecule has 0 aliphatic carbocycles. The van der Waals surface area contributed by atoms with Gasteiger partial charge in [0.25, 0.3) is 5.91 Å². The van der Waals surface area contributed by atoms with E-state index in [2.05, 4.69) is 33.7 Å². The van der Waals surface area contributed by atoms with Crippen LogP contribution in [0, 0.1) is 0 Å². The summed E-state index contributed by atoms with van der Waals surface area (Å²) in [6.07, 6.45) is 4.16. The molecule has 6 heteroatoms. The molecular formula is C21H27N3O2S. The highest BCUT2D eigenvalue weighted by Gasteiger charge is 2.13. The molecule has 1 aliphatic heterocycles. The summed E-state index contributed by atoms with van der Waals surface area (Å²) in [4.78, 5) is 27.1. The van der Waals surface area contributed by atoms with E-state index in [0.29, 0.717) is 18.0 Å². The first-order valence-electron chi connectivity index (χ1n) is 9.60. The second-order valence-corrected chi connectivity index (χ2v) is 7.81. The Balaban J connectivity index is 1.42. The Bertz CT molecular complexity index is 740. The van der Waals surface area contributed by atoms with Crippen molar-refractivity contribution in [2.45, 2.75) is 38.8 Å². The van der Waals surface area contributed by atoms with Crippen molar-refractivity contribution in [3.8, 4) is 0 Å². The van der Waals surface area contributed by atoms with Gasteiger partial charge in [-0.15, -0.1) is 11.3 Å². The maximum absolute atomic E-state index is 12.1. The lowest BCUT2D eigenvalue weighted by Crippen LogP contribution is -2.31. The molecule has 0 atom stereocenters. The third-order valence-electron chi connectivity index (χ3n) is 4.82. The Kier molecular flexibility index (Phi) is 7.42. The monoisotopic (exact) mass is 385 g/mol. The smallest absolute Gasteiger partial charge is 0.261 e. The molecule has 1 aliphatic rings. The lowest BCUT2D eigenvalue weighted by molar-refractivity contribution is -0.121. The van der Waals surface area contributed by atoms with E-state index in [1.54, 1.807) is 6.07 Å². The van der Waals surface area contributed by atoms with Crippen LogP contribution in [0.25, 0.3) is 0 Å². The second kappa shape index (κ2) is 10.2. The molecule has 1 aromatic heterocycles. The first-order chi connectivity index (χ1) is 13.2. The largest absolute Gasteiger partial charge is 0.352 e. The lowest BCUT2D eigenvalue weighted by Gasteiger charge is -2.27. The first kappa shape index (κ1) is 19.6. The molecule has 144 valence electrons. The highest BCUT2D eigenvalue weighted by atomic mass is 32.1. The number of hydrogen-bond acceptors (Lipinski definition) is 4. The van der Waals surface area contributed by atoms with Crippen molar-refractivity contribution in [3.05, 3.63) is 57.8 Å². The number of thiophene rings is 1. The van der Waals surface area contributed by atoms with Crippen molar-refractivity contribution in [2.75, 3.05) is 19.6 Å². The number of carbonyl (C=O) groups is 2. The van der Waals surface area contributed by atoms with E-state index in [1.165, 1.54) is 41.7 Å². The van der Waals surface area contributed by atoms with Crippen LogP contribution in [0.5, 0.6) is 0 Å². The molecule has 3 rings (SSSR count). The van der Waals surface area contributed by atoms with E-state index in [4.69, 9.17) is 0 Å². The van der Waals surface area contributed by atoms with Gasteiger partial charge in [-0.25, -0.2) is 0 Å². The molecule has 0 unspecified atom stereocenters. The minimum absolute atomic E-state index is 0.0470. The van der Waals surface area contributed by atoms with Crippen LogP contribution in [0.1, 0.15) is 46.5 Å².